The third-order valence-electron chi connectivity index (χ3n) is 3.84. The van der Waals surface area contributed by atoms with E-state index in [1.165, 1.54) is 6.07 Å². The molecule has 2 rings (SSSR count). The van der Waals surface area contributed by atoms with Gasteiger partial charge in [-0.05, 0) is 25.0 Å². The number of rotatable bonds is 3. The van der Waals surface area contributed by atoms with E-state index in [-0.39, 0.29) is 23.2 Å². The van der Waals surface area contributed by atoms with Crippen LogP contribution in [-0.2, 0) is 9.84 Å². The van der Waals surface area contributed by atoms with E-state index < -0.39 is 9.84 Å². The molecule has 3 N–H and O–H groups in total. The predicted molar refractivity (Wildman–Crippen MR) is 80.7 cm³/mol. The van der Waals surface area contributed by atoms with Crippen molar-refractivity contribution in [2.45, 2.75) is 36.6 Å². The van der Waals surface area contributed by atoms with Crippen LogP contribution in [0.5, 0.6) is 0 Å². The number of para-hydroxylation sites is 1. The first kappa shape index (κ1) is 15.1. The van der Waals surface area contributed by atoms with Gasteiger partial charge in [-0.3, -0.25) is 0 Å². The Hall–Kier alpha value is -1.27. The molecule has 0 aliphatic carbocycles. The normalized spacial score (nSPS) is 20.7. The Kier molecular flexibility index (Phi) is 4.55. The largest absolute Gasteiger partial charge is 0.396 e. The van der Waals surface area contributed by atoms with Crippen LogP contribution >= 0.6 is 0 Å². The van der Waals surface area contributed by atoms with Crippen LogP contribution in [0.3, 0.4) is 0 Å². The zero-order chi connectivity index (χ0) is 14.8. The van der Waals surface area contributed by atoms with Gasteiger partial charge in [0.1, 0.15) is 0 Å². The summed E-state index contributed by atoms with van der Waals surface area (Å²) in [6, 6.07) is 5.08. The van der Waals surface area contributed by atoms with E-state index in [2.05, 4.69) is 4.90 Å². The van der Waals surface area contributed by atoms with Gasteiger partial charge in [0, 0.05) is 12.8 Å². The van der Waals surface area contributed by atoms with Gasteiger partial charge >= 0.3 is 0 Å². The van der Waals surface area contributed by atoms with Gasteiger partial charge in [-0.1, -0.05) is 18.9 Å². The van der Waals surface area contributed by atoms with E-state index >= 15 is 0 Å². The van der Waals surface area contributed by atoms with Crippen molar-refractivity contribution in [2.75, 3.05) is 30.0 Å². The molecule has 1 unspecified atom stereocenters. The summed E-state index contributed by atoms with van der Waals surface area (Å²) in [6.07, 6.45) is 5.29. The summed E-state index contributed by atoms with van der Waals surface area (Å²) in [5, 5.41) is 9.57. The Balaban J connectivity index is 2.45. The average Bonchev–Trinajstić information content (AvgIpc) is 2.62. The molecular weight excluding hydrogens is 276 g/mol. The number of sulfone groups is 1. The first-order valence-corrected chi connectivity index (χ1v) is 8.80. The van der Waals surface area contributed by atoms with Gasteiger partial charge in [0.25, 0.3) is 0 Å². The third-order valence-corrected chi connectivity index (χ3v) is 4.99. The molecule has 1 atom stereocenters. The topological polar surface area (TPSA) is 83.6 Å². The minimum atomic E-state index is -3.34. The summed E-state index contributed by atoms with van der Waals surface area (Å²) in [5.74, 6) is 0. The zero-order valence-corrected chi connectivity index (χ0v) is 12.6. The maximum absolute atomic E-state index is 11.8. The van der Waals surface area contributed by atoms with E-state index in [9.17, 15) is 13.5 Å². The first-order valence-electron chi connectivity index (χ1n) is 6.91. The number of benzene rings is 1. The van der Waals surface area contributed by atoms with Crippen LogP contribution in [0.2, 0.25) is 0 Å². The van der Waals surface area contributed by atoms with E-state index in [4.69, 9.17) is 5.73 Å². The standard InChI is InChI=1S/C14H22N2O3S/c1-20(18,19)13-8-5-7-12(14(13)15)16-9-4-2-3-6-11(16)10-17/h5,7-8,11,17H,2-4,6,9-10,15H2,1H3. The molecule has 1 aliphatic heterocycles. The zero-order valence-electron chi connectivity index (χ0n) is 11.7. The SMILES string of the molecule is CS(=O)(=O)c1cccc(N2CCCCCC2CO)c1N. The fourth-order valence-corrected chi connectivity index (χ4v) is 3.62. The molecule has 1 aromatic carbocycles. The molecule has 1 aromatic rings. The van der Waals surface area contributed by atoms with Crippen molar-refractivity contribution in [1.82, 2.24) is 0 Å². The molecule has 20 heavy (non-hydrogen) atoms. The fraction of sp³-hybridized carbons (Fsp3) is 0.571. The molecule has 0 bridgehead atoms. The Labute approximate surface area is 120 Å². The van der Waals surface area contributed by atoms with Gasteiger partial charge in [0.2, 0.25) is 0 Å². The summed E-state index contributed by atoms with van der Waals surface area (Å²) in [4.78, 5) is 2.22. The number of aliphatic hydroxyl groups excluding tert-OH is 1. The molecule has 0 saturated carbocycles. The van der Waals surface area contributed by atoms with Crippen molar-refractivity contribution in [1.29, 1.82) is 0 Å². The second-order valence-corrected chi connectivity index (χ2v) is 7.32. The van der Waals surface area contributed by atoms with Crippen LogP contribution in [0.4, 0.5) is 11.4 Å². The summed E-state index contributed by atoms with van der Waals surface area (Å²) < 4.78 is 23.5. The Bertz CT molecular complexity index is 572. The summed E-state index contributed by atoms with van der Waals surface area (Å²) in [5.41, 5.74) is 7.07. The highest BCUT2D eigenvalue weighted by Crippen LogP contribution is 2.33. The molecular formula is C14H22N2O3S. The minimum absolute atomic E-state index is 0.00890. The van der Waals surface area contributed by atoms with Crippen molar-refractivity contribution in [3.8, 4) is 0 Å². The first-order chi connectivity index (χ1) is 9.45. The van der Waals surface area contributed by atoms with E-state index in [0.717, 1.165) is 38.5 Å². The molecule has 112 valence electrons. The monoisotopic (exact) mass is 298 g/mol. The van der Waals surface area contributed by atoms with Crippen molar-refractivity contribution in [3.63, 3.8) is 0 Å². The highest BCUT2D eigenvalue weighted by Gasteiger charge is 2.24. The van der Waals surface area contributed by atoms with Crippen molar-refractivity contribution < 1.29 is 13.5 Å². The van der Waals surface area contributed by atoms with Crippen molar-refractivity contribution in [2.24, 2.45) is 0 Å². The van der Waals surface area contributed by atoms with Gasteiger partial charge in [-0.15, -0.1) is 0 Å². The van der Waals surface area contributed by atoms with Gasteiger partial charge < -0.3 is 15.7 Å². The van der Waals surface area contributed by atoms with Crippen molar-refractivity contribution in [3.05, 3.63) is 18.2 Å². The Morgan fingerprint density at radius 2 is 2.10 bits per heavy atom. The molecule has 5 nitrogen and oxygen atoms in total. The molecule has 1 fully saturated rings. The number of aliphatic hydroxyl groups is 1. The lowest BCUT2D eigenvalue weighted by Gasteiger charge is -2.32. The van der Waals surface area contributed by atoms with E-state index in [0.29, 0.717) is 5.69 Å². The van der Waals surface area contributed by atoms with Gasteiger partial charge in [-0.25, -0.2) is 8.42 Å². The minimum Gasteiger partial charge on any atom is -0.396 e. The summed E-state index contributed by atoms with van der Waals surface area (Å²) in [7, 11) is -3.34. The van der Waals surface area contributed by atoms with Gasteiger partial charge in [-0.2, -0.15) is 0 Å². The maximum Gasteiger partial charge on any atom is 0.177 e. The number of nitrogen functional groups attached to an aromatic ring is 1. The van der Waals surface area contributed by atoms with Crippen LogP contribution < -0.4 is 10.6 Å². The predicted octanol–water partition coefficient (Wildman–Crippen LogP) is 1.41. The number of hydrogen-bond acceptors (Lipinski definition) is 5. The molecule has 0 amide bonds. The third kappa shape index (κ3) is 3.07. The number of anilines is 2. The average molecular weight is 298 g/mol. The van der Waals surface area contributed by atoms with E-state index in [1.54, 1.807) is 6.07 Å². The van der Waals surface area contributed by atoms with E-state index in [1.807, 2.05) is 6.07 Å². The second-order valence-electron chi connectivity index (χ2n) is 5.34. The molecule has 1 aliphatic rings. The summed E-state index contributed by atoms with van der Waals surface area (Å²) >= 11 is 0. The number of nitrogens with two attached hydrogens (primary N) is 1. The fourth-order valence-electron chi connectivity index (χ4n) is 2.79. The molecule has 0 spiro atoms. The number of nitrogens with zero attached hydrogens (tertiary/aromatic N) is 1. The van der Waals surface area contributed by atoms with Crippen LogP contribution in [0.1, 0.15) is 25.7 Å². The van der Waals surface area contributed by atoms with Gasteiger partial charge in [0.15, 0.2) is 9.84 Å². The molecule has 6 heteroatoms. The highest BCUT2D eigenvalue weighted by atomic mass is 32.2. The Morgan fingerprint density at radius 1 is 1.35 bits per heavy atom. The lowest BCUT2D eigenvalue weighted by molar-refractivity contribution is 0.255. The quantitative estimate of drug-likeness (QED) is 0.824. The number of hydrogen-bond donors (Lipinski definition) is 2. The molecule has 1 saturated heterocycles. The highest BCUT2D eigenvalue weighted by molar-refractivity contribution is 7.90. The molecule has 0 radical (unpaired) electrons. The van der Waals surface area contributed by atoms with Gasteiger partial charge in [0.05, 0.1) is 28.9 Å². The smallest absolute Gasteiger partial charge is 0.177 e. The maximum atomic E-state index is 11.8. The Morgan fingerprint density at radius 3 is 2.75 bits per heavy atom. The summed E-state index contributed by atoms with van der Waals surface area (Å²) in [6.45, 7) is 0.852. The van der Waals surface area contributed by atoms with Crippen LogP contribution in [-0.4, -0.2) is 39.0 Å². The van der Waals surface area contributed by atoms with Crippen LogP contribution in [0, 0.1) is 0 Å². The second kappa shape index (κ2) is 6.01. The van der Waals surface area contributed by atoms with Crippen molar-refractivity contribution >= 4 is 21.2 Å². The lowest BCUT2D eigenvalue weighted by Crippen LogP contribution is -2.38. The van der Waals surface area contributed by atoms with Crippen LogP contribution in [0.25, 0.3) is 0 Å². The lowest BCUT2D eigenvalue weighted by atomic mass is 10.1. The van der Waals surface area contributed by atoms with Crippen LogP contribution in [0.15, 0.2) is 23.1 Å². The molecule has 0 aromatic heterocycles. The molecule has 1 heterocycles.